The van der Waals surface area contributed by atoms with Crippen molar-refractivity contribution in [3.8, 4) is 6.07 Å². The fourth-order valence-electron chi connectivity index (χ4n) is 1.45. The second-order valence-corrected chi connectivity index (χ2v) is 3.29. The van der Waals surface area contributed by atoms with Crippen LogP contribution in [0.25, 0.3) is 0 Å². The van der Waals surface area contributed by atoms with E-state index in [1.165, 1.54) is 0 Å². The van der Waals surface area contributed by atoms with Crippen molar-refractivity contribution in [1.82, 2.24) is 0 Å². The molecule has 0 bridgehead atoms. The number of nitrogens with zero attached hydrogens (tertiary/aromatic N) is 1. The van der Waals surface area contributed by atoms with Gasteiger partial charge in [0.05, 0.1) is 17.6 Å². The third-order valence-corrected chi connectivity index (χ3v) is 2.41. The van der Waals surface area contributed by atoms with Gasteiger partial charge in [-0.1, -0.05) is 12.8 Å². The summed E-state index contributed by atoms with van der Waals surface area (Å²) < 4.78 is 0. The van der Waals surface area contributed by atoms with Crippen molar-refractivity contribution in [2.45, 2.75) is 38.7 Å². The molecule has 0 aliphatic heterocycles. The molecule has 2 heteroatoms. The first-order valence-electron chi connectivity index (χ1n) is 3.78. The zero-order valence-electron chi connectivity index (χ0n) is 6.30. The molecule has 0 aromatic heterocycles. The second-order valence-electron chi connectivity index (χ2n) is 3.29. The van der Waals surface area contributed by atoms with Gasteiger partial charge in [0.2, 0.25) is 0 Å². The van der Waals surface area contributed by atoms with Gasteiger partial charge in [-0.15, -0.1) is 0 Å². The zero-order valence-corrected chi connectivity index (χ0v) is 6.30. The quantitative estimate of drug-likeness (QED) is 0.552. The summed E-state index contributed by atoms with van der Waals surface area (Å²) in [5.74, 6) is 0. The summed E-state index contributed by atoms with van der Waals surface area (Å²) >= 11 is 0. The van der Waals surface area contributed by atoms with E-state index >= 15 is 0 Å². The molecule has 1 saturated carbocycles. The Bertz CT molecular complexity index is 161. The minimum atomic E-state index is -0.460. The number of rotatable bonds is 0. The highest BCUT2D eigenvalue weighted by Crippen LogP contribution is 2.34. The van der Waals surface area contributed by atoms with Crippen LogP contribution in [0.1, 0.15) is 32.6 Å². The molecule has 0 aromatic rings. The highest BCUT2D eigenvalue weighted by Gasteiger charge is 2.35. The largest absolute Gasteiger partial charge is 0.391 e. The molecule has 1 aliphatic rings. The maximum atomic E-state index is 9.41. The Hall–Kier alpha value is -0.550. The summed E-state index contributed by atoms with van der Waals surface area (Å²) in [5, 5.41) is 18.1. The Balaban J connectivity index is 2.65. The van der Waals surface area contributed by atoms with Crippen LogP contribution in [0.15, 0.2) is 0 Å². The summed E-state index contributed by atoms with van der Waals surface area (Å²) in [6, 6.07) is 2.18. The molecule has 1 fully saturated rings. The summed E-state index contributed by atoms with van der Waals surface area (Å²) in [6.07, 6.45) is 3.40. The van der Waals surface area contributed by atoms with E-state index in [0.29, 0.717) is 0 Å². The normalized spacial score (nSPS) is 40.7. The molecule has 2 atom stereocenters. The number of hydrogen-bond acceptors (Lipinski definition) is 2. The van der Waals surface area contributed by atoms with Gasteiger partial charge in [-0.25, -0.2) is 0 Å². The van der Waals surface area contributed by atoms with Crippen molar-refractivity contribution in [2.75, 3.05) is 0 Å². The lowest BCUT2D eigenvalue weighted by molar-refractivity contribution is 0.0377. The van der Waals surface area contributed by atoms with Crippen LogP contribution in [-0.2, 0) is 0 Å². The van der Waals surface area contributed by atoms with Crippen LogP contribution in [0.3, 0.4) is 0 Å². The van der Waals surface area contributed by atoms with Crippen LogP contribution >= 0.6 is 0 Å². The predicted octanol–water partition coefficient (Wildman–Crippen LogP) is 1.45. The smallest absolute Gasteiger partial charge is 0.0804 e. The summed E-state index contributed by atoms with van der Waals surface area (Å²) in [4.78, 5) is 0. The van der Waals surface area contributed by atoms with Crippen molar-refractivity contribution in [2.24, 2.45) is 5.41 Å². The molecular weight excluding hydrogens is 126 g/mol. The first kappa shape index (κ1) is 7.56. The molecule has 1 aliphatic carbocycles. The van der Waals surface area contributed by atoms with E-state index in [4.69, 9.17) is 5.26 Å². The van der Waals surface area contributed by atoms with Crippen LogP contribution < -0.4 is 0 Å². The third kappa shape index (κ3) is 1.15. The Morgan fingerprint density at radius 1 is 1.60 bits per heavy atom. The van der Waals surface area contributed by atoms with Crippen molar-refractivity contribution in [3.63, 3.8) is 0 Å². The van der Waals surface area contributed by atoms with Crippen LogP contribution in [0.2, 0.25) is 0 Å². The van der Waals surface area contributed by atoms with Crippen LogP contribution in [0, 0.1) is 16.7 Å². The molecule has 56 valence electrons. The van der Waals surface area contributed by atoms with Crippen molar-refractivity contribution >= 4 is 0 Å². The molecule has 10 heavy (non-hydrogen) atoms. The maximum Gasteiger partial charge on any atom is 0.0804 e. The lowest BCUT2D eigenvalue weighted by Crippen LogP contribution is -2.33. The fourth-order valence-corrected chi connectivity index (χ4v) is 1.45. The minimum absolute atomic E-state index is 0.397. The predicted molar refractivity (Wildman–Crippen MR) is 38.2 cm³/mol. The molecule has 2 nitrogen and oxygen atoms in total. The first-order valence-corrected chi connectivity index (χ1v) is 3.78. The molecule has 0 heterocycles. The van der Waals surface area contributed by atoms with E-state index in [2.05, 4.69) is 6.07 Å². The standard InChI is InChI=1S/C8H13NO/c1-8(6-9)5-3-2-4-7(8)10/h7,10H,2-5H2,1H3/t7-,8+/m1/s1. The number of nitriles is 1. The molecule has 0 saturated heterocycles. The van der Waals surface area contributed by atoms with Crippen molar-refractivity contribution < 1.29 is 5.11 Å². The van der Waals surface area contributed by atoms with Gasteiger partial charge in [0.25, 0.3) is 0 Å². The first-order chi connectivity index (χ1) is 4.69. The number of hydrogen-bond donors (Lipinski definition) is 1. The maximum absolute atomic E-state index is 9.41. The summed E-state index contributed by atoms with van der Waals surface area (Å²) in [7, 11) is 0. The fraction of sp³-hybridized carbons (Fsp3) is 0.875. The Labute approximate surface area is 61.5 Å². The van der Waals surface area contributed by atoms with Gasteiger partial charge in [0, 0.05) is 0 Å². The van der Waals surface area contributed by atoms with E-state index in [0.717, 1.165) is 25.7 Å². The second kappa shape index (κ2) is 2.59. The van der Waals surface area contributed by atoms with Crippen molar-refractivity contribution in [3.05, 3.63) is 0 Å². The van der Waals surface area contributed by atoms with E-state index < -0.39 is 11.5 Å². The molecule has 1 rings (SSSR count). The van der Waals surface area contributed by atoms with Gasteiger partial charge in [-0.3, -0.25) is 0 Å². The zero-order chi connectivity index (χ0) is 7.61. The SMILES string of the molecule is C[C@@]1(C#N)CCCC[C@H]1O. The Morgan fingerprint density at radius 3 is 2.70 bits per heavy atom. The molecular formula is C8H13NO. The topological polar surface area (TPSA) is 44.0 Å². The monoisotopic (exact) mass is 139 g/mol. The summed E-state index contributed by atoms with van der Waals surface area (Å²) in [5.41, 5.74) is -0.460. The van der Waals surface area contributed by atoms with Crippen LogP contribution in [-0.4, -0.2) is 11.2 Å². The average Bonchev–Trinajstić information content (AvgIpc) is 1.96. The van der Waals surface area contributed by atoms with Gasteiger partial charge in [-0.05, 0) is 19.8 Å². The van der Waals surface area contributed by atoms with Crippen LogP contribution in [0.5, 0.6) is 0 Å². The third-order valence-electron chi connectivity index (χ3n) is 2.41. The minimum Gasteiger partial charge on any atom is -0.391 e. The number of aliphatic hydroxyl groups excluding tert-OH is 1. The molecule has 0 amide bonds. The highest BCUT2D eigenvalue weighted by atomic mass is 16.3. The Kier molecular flexibility index (Phi) is 1.96. The summed E-state index contributed by atoms with van der Waals surface area (Å²) in [6.45, 7) is 1.84. The van der Waals surface area contributed by atoms with Crippen LogP contribution in [0.4, 0.5) is 0 Å². The van der Waals surface area contributed by atoms with E-state index in [-0.39, 0.29) is 0 Å². The molecule has 0 radical (unpaired) electrons. The van der Waals surface area contributed by atoms with E-state index in [9.17, 15) is 5.11 Å². The van der Waals surface area contributed by atoms with Gasteiger partial charge >= 0.3 is 0 Å². The highest BCUT2D eigenvalue weighted by molar-refractivity contribution is 5.02. The Morgan fingerprint density at radius 2 is 2.30 bits per heavy atom. The van der Waals surface area contributed by atoms with Gasteiger partial charge in [-0.2, -0.15) is 5.26 Å². The molecule has 0 unspecified atom stereocenters. The van der Waals surface area contributed by atoms with Gasteiger partial charge < -0.3 is 5.11 Å². The van der Waals surface area contributed by atoms with Gasteiger partial charge in [0.1, 0.15) is 0 Å². The molecule has 0 aromatic carbocycles. The average molecular weight is 139 g/mol. The van der Waals surface area contributed by atoms with E-state index in [1.54, 1.807) is 0 Å². The van der Waals surface area contributed by atoms with E-state index in [1.807, 2.05) is 6.92 Å². The van der Waals surface area contributed by atoms with Gasteiger partial charge in [0.15, 0.2) is 0 Å². The van der Waals surface area contributed by atoms with Crippen molar-refractivity contribution in [1.29, 1.82) is 5.26 Å². The lowest BCUT2D eigenvalue weighted by Gasteiger charge is -2.31. The molecule has 1 N–H and O–H groups in total. The number of aliphatic hydroxyl groups is 1. The molecule has 0 spiro atoms. The lowest BCUT2D eigenvalue weighted by atomic mass is 9.75.